The van der Waals surface area contributed by atoms with Crippen LogP contribution in [0.2, 0.25) is 0 Å². The van der Waals surface area contributed by atoms with Crippen molar-refractivity contribution in [3.63, 3.8) is 0 Å². The van der Waals surface area contributed by atoms with Crippen LogP contribution < -0.4 is 10.6 Å². The number of rotatable bonds is 5. The fourth-order valence-electron chi connectivity index (χ4n) is 2.36. The number of carbonyl (C=O) groups excluding carboxylic acids is 1. The van der Waals surface area contributed by atoms with E-state index in [1.165, 1.54) is 23.7 Å². The second kappa shape index (κ2) is 7.07. The predicted molar refractivity (Wildman–Crippen MR) is 93.8 cm³/mol. The molecule has 0 aliphatic heterocycles. The summed E-state index contributed by atoms with van der Waals surface area (Å²) in [7, 11) is -3.47. The zero-order valence-corrected chi connectivity index (χ0v) is 14.7. The van der Waals surface area contributed by atoms with Crippen LogP contribution in [0.15, 0.2) is 48.9 Å². The average Bonchev–Trinajstić information content (AvgIpc) is 3.13. The minimum Gasteiger partial charge on any atom is -0.493 e. The summed E-state index contributed by atoms with van der Waals surface area (Å²) in [5.41, 5.74) is 0.407. The Labute approximate surface area is 148 Å². The molecule has 1 atom stereocenters. The summed E-state index contributed by atoms with van der Waals surface area (Å²) in [4.78, 5) is 29.9. The van der Waals surface area contributed by atoms with Crippen LogP contribution in [0.5, 0.6) is 5.88 Å². The summed E-state index contributed by atoms with van der Waals surface area (Å²) in [5.74, 6) is -0.964. The molecule has 3 aromatic rings. The van der Waals surface area contributed by atoms with E-state index >= 15 is 0 Å². The highest BCUT2D eigenvalue weighted by molar-refractivity contribution is 7.65. The molecule has 1 amide bonds. The summed E-state index contributed by atoms with van der Waals surface area (Å²) in [6.07, 6.45) is 4.33. The number of nitrogens with one attached hydrogen (secondary N) is 1. The van der Waals surface area contributed by atoms with Crippen LogP contribution >= 0.6 is 7.37 Å². The van der Waals surface area contributed by atoms with Gasteiger partial charge in [0.05, 0.1) is 0 Å². The van der Waals surface area contributed by atoms with Crippen molar-refractivity contribution < 1.29 is 19.4 Å². The van der Waals surface area contributed by atoms with Crippen molar-refractivity contribution in [2.24, 2.45) is 0 Å². The number of carbonyl (C=O) groups is 1. The van der Waals surface area contributed by atoms with Crippen LogP contribution in [0.1, 0.15) is 15.9 Å². The predicted octanol–water partition coefficient (Wildman–Crippen LogP) is 0.823. The Balaban J connectivity index is 1.77. The molecule has 3 rings (SSSR count). The molecule has 1 unspecified atom stereocenters. The van der Waals surface area contributed by atoms with E-state index in [-0.39, 0.29) is 23.4 Å². The van der Waals surface area contributed by atoms with Gasteiger partial charge < -0.3 is 15.3 Å². The Bertz CT molecular complexity index is 984. The van der Waals surface area contributed by atoms with Crippen molar-refractivity contribution in [3.8, 4) is 11.8 Å². The van der Waals surface area contributed by atoms with Crippen molar-refractivity contribution in [2.75, 3.05) is 6.66 Å². The third kappa shape index (κ3) is 3.79. The van der Waals surface area contributed by atoms with Gasteiger partial charge in [-0.2, -0.15) is 10.1 Å². The highest BCUT2D eigenvalue weighted by Crippen LogP contribution is 2.35. The lowest BCUT2D eigenvalue weighted by Crippen LogP contribution is -2.26. The molecule has 2 heterocycles. The van der Waals surface area contributed by atoms with Gasteiger partial charge in [0, 0.05) is 37.1 Å². The van der Waals surface area contributed by atoms with E-state index in [9.17, 15) is 19.4 Å². The first-order valence-electron chi connectivity index (χ1n) is 7.59. The second-order valence-electron chi connectivity index (χ2n) is 5.55. The van der Waals surface area contributed by atoms with Crippen LogP contribution in [0.25, 0.3) is 5.95 Å². The molecule has 0 spiro atoms. The molecule has 0 aliphatic carbocycles. The van der Waals surface area contributed by atoms with Crippen molar-refractivity contribution in [2.45, 2.75) is 6.54 Å². The van der Waals surface area contributed by atoms with Gasteiger partial charge in [0.2, 0.25) is 13.2 Å². The van der Waals surface area contributed by atoms with Crippen molar-refractivity contribution in [1.82, 2.24) is 25.1 Å². The maximum atomic E-state index is 12.3. The van der Waals surface area contributed by atoms with Gasteiger partial charge in [0.25, 0.3) is 11.9 Å². The molecule has 0 aliphatic rings. The van der Waals surface area contributed by atoms with E-state index in [2.05, 4.69) is 20.4 Å². The molecule has 134 valence electrons. The van der Waals surface area contributed by atoms with Gasteiger partial charge >= 0.3 is 0 Å². The number of aromatic nitrogens is 4. The van der Waals surface area contributed by atoms with Gasteiger partial charge in [0.1, 0.15) is 5.56 Å². The molecular weight excluding hydrogens is 357 g/mol. The largest absolute Gasteiger partial charge is 0.493 e. The van der Waals surface area contributed by atoms with Gasteiger partial charge in [-0.15, -0.1) is 0 Å². The quantitative estimate of drug-likeness (QED) is 0.565. The molecule has 3 N–H and O–H groups in total. The minimum atomic E-state index is -3.47. The summed E-state index contributed by atoms with van der Waals surface area (Å²) in [5, 5.41) is 16.8. The molecule has 0 bridgehead atoms. The maximum Gasteiger partial charge on any atom is 0.258 e. The van der Waals surface area contributed by atoms with Crippen LogP contribution in [-0.4, -0.2) is 42.3 Å². The number of amides is 1. The molecular formula is C16H16N5O4P. The van der Waals surface area contributed by atoms with Gasteiger partial charge in [0.15, 0.2) is 0 Å². The van der Waals surface area contributed by atoms with Crippen LogP contribution in [0, 0.1) is 0 Å². The van der Waals surface area contributed by atoms with E-state index in [1.807, 2.05) is 0 Å². The Morgan fingerprint density at radius 3 is 2.73 bits per heavy atom. The number of benzene rings is 1. The lowest BCUT2D eigenvalue weighted by atomic mass is 10.2. The third-order valence-corrected chi connectivity index (χ3v) is 4.92. The zero-order valence-electron chi connectivity index (χ0n) is 13.8. The fourth-order valence-corrected chi connectivity index (χ4v) is 3.41. The number of hydrogen-bond acceptors (Lipinski definition) is 6. The molecule has 26 heavy (non-hydrogen) atoms. The van der Waals surface area contributed by atoms with Crippen LogP contribution in [-0.2, 0) is 11.1 Å². The normalized spacial score (nSPS) is 13.2. The molecule has 9 nitrogen and oxygen atoms in total. The molecule has 1 aromatic carbocycles. The van der Waals surface area contributed by atoms with Gasteiger partial charge in [-0.3, -0.25) is 9.36 Å². The first-order valence-corrected chi connectivity index (χ1v) is 9.70. The Kier molecular flexibility index (Phi) is 4.83. The number of hydrogen-bond donors (Lipinski definition) is 3. The third-order valence-electron chi connectivity index (χ3n) is 3.59. The first-order chi connectivity index (χ1) is 12.4. The Hall–Kier alpha value is -3.03. The monoisotopic (exact) mass is 373 g/mol. The van der Waals surface area contributed by atoms with Crippen molar-refractivity contribution >= 4 is 18.6 Å². The molecule has 0 saturated heterocycles. The smallest absolute Gasteiger partial charge is 0.258 e. The fraction of sp³-hybridized carbons (Fsp3) is 0.125. The van der Waals surface area contributed by atoms with Gasteiger partial charge in [-0.1, -0.05) is 18.2 Å². The van der Waals surface area contributed by atoms with E-state index in [4.69, 9.17) is 0 Å². The van der Waals surface area contributed by atoms with E-state index < -0.39 is 19.2 Å². The lowest BCUT2D eigenvalue weighted by Gasteiger charge is -2.13. The van der Waals surface area contributed by atoms with Gasteiger partial charge in [-0.25, -0.2) is 9.67 Å². The average molecular weight is 373 g/mol. The molecule has 0 fully saturated rings. The summed E-state index contributed by atoms with van der Waals surface area (Å²) < 4.78 is 13.3. The summed E-state index contributed by atoms with van der Waals surface area (Å²) in [6, 6.07) is 8.23. The van der Waals surface area contributed by atoms with E-state index in [1.54, 1.807) is 36.5 Å². The number of aromatic hydroxyl groups is 1. The SMILES string of the molecule is CP(=O)(O)c1ccccc1CNC(=O)c1cnc(-n2cccn2)nc1O. The van der Waals surface area contributed by atoms with Crippen molar-refractivity contribution in [1.29, 1.82) is 0 Å². The Morgan fingerprint density at radius 1 is 1.31 bits per heavy atom. The van der Waals surface area contributed by atoms with Crippen LogP contribution in [0.3, 0.4) is 0 Å². The summed E-state index contributed by atoms with van der Waals surface area (Å²) >= 11 is 0. The maximum absolute atomic E-state index is 12.3. The zero-order chi connectivity index (χ0) is 18.7. The standard InChI is InChI=1S/C16H16N5O4P/c1-26(24,25)13-6-3-2-5-11(13)9-17-14(22)12-10-18-16(20-15(12)23)21-8-4-7-19-21/h2-8,10H,9H2,1H3,(H,17,22)(H,24,25)(H,18,20,23). The minimum absolute atomic E-state index is 0.0216. The van der Waals surface area contributed by atoms with Crippen LogP contribution in [0.4, 0.5) is 0 Å². The molecule has 0 radical (unpaired) electrons. The van der Waals surface area contributed by atoms with E-state index in [0.29, 0.717) is 5.56 Å². The molecule has 10 heteroatoms. The summed E-state index contributed by atoms with van der Waals surface area (Å²) in [6.45, 7) is 1.26. The Morgan fingerprint density at radius 2 is 2.08 bits per heavy atom. The van der Waals surface area contributed by atoms with E-state index in [0.717, 1.165) is 0 Å². The first kappa shape index (κ1) is 17.8. The highest BCUT2D eigenvalue weighted by Gasteiger charge is 2.19. The molecule has 2 aromatic heterocycles. The number of nitrogens with zero attached hydrogens (tertiary/aromatic N) is 4. The highest BCUT2D eigenvalue weighted by atomic mass is 31.2. The second-order valence-corrected chi connectivity index (χ2v) is 7.79. The molecule has 0 saturated carbocycles. The van der Waals surface area contributed by atoms with Crippen molar-refractivity contribution in [3.05, 3.63) is 60.0 Å². The lowest BCUT2D eigenvalue weighted by molar-refractivity contribution is 0.0947. The topological polar surface area (TPSA) is 130 Å². The van der Waals surface area contributed by atoms with Gasteiger partial charge in [-0.05, 0) is 17.7 Å².